The summed E-state index contributed by atoms with van der Waals surface area (Å²) in [5.41, 5.74) is 3.40. The molecule has 1 amide bonds. The number of nitrogens with one attached hydrogen (secondary N) is 1. The minimum absolute atomic E-state index is 0.0720. The Hall–Kier alpha value is -4.11. The number of aryl methyl sites for hydroxylation is 1. The molecule has 47 heavy (non-hydrogen) atoms. The second-order valence-corrected chi connectivity index (χ2v) is 15.1. The van der Waals surface area contributed by atoms with E-state index in [-0.39, 0.29) is 11.3 Å². The fourth-order valence-electron chi connectivity index (χ4n) is 7.34. The zero-order chi connectivity index (χ0) is 34.3. The van der Waals surface area contributed by atoms with E-state index in [1.165, 1.54) is 5.56 Å². The molecule has 3 aromatic rings. The van der Waals surface area contributed by atoms with E-state index in [9.17, 15) is 14.7 Å². The minimum atomic E-state index is -1.11. The average molecular weight is 643 g/mol. The van der Waals surface area contributed by atoms with Gasteiger partial charge in [0, 0.05) is 49.9 Å². The highest BCUT2D eigenvalue weighted by Gasteiger charge is 2.59. The molecule has 0 unspecified atom stereocenters. The molecule has 2 N–H and O–H groups in total. The third-order valence-electron chi connectivity index (χ3n) is 9.60. The van der Waals surface area contributed by atoms with Crippen molar-refractivity contribution in [2.24, 2.45) is 11.3 Å². The number of rotatable bonds is 8. The van der Waals surface area contributed by atoms with E-state index in [4.69, 9.17) is 14.5 Å². The van der Waals surface area contributed by atoms with E-state index in [0.717, 1.165) is 22.4 Å². The van der Waals surface area contributed by atoms with Crippen LogP contribution < -0.4 is 19.7 Å². The number of likely N-dealkylation sites (tertiary alicyclic amines) is 1. The molecule has 0 aliphatic carbocycles. The van der Waals surface area contributed by atoms with Crippen LogP contribution in [0.3, 0.4) is 0 Å². The summed E-state index contributed by atoms with van der Waals surface area (Å²) in [6, 6.07) is 15.6. The van der Waals surface area contributed by atoms with Gasteiger partial charge in [0.25, 0.3) is 5.91 Å². The molecule has 1 fully saturated rings. The van der Waals surface area contributed by atoms with Crippen LogP contribution in [0, 0.1) is 11.3 Å². The number of carbonyl (C=O) groups excluding carboxylic acids is 1. The second-order valence-electron chi connectivity index (χ2n) is 15.1. The molecule has 0 bridgehead atoms. The topological polar surface area (TPSA) is 104 Å². The van der Waals surface area contributed by atoms with Crippen LogP contribution in [-0.4, -0.2) is 66.3 Å². The predicted molar refractivity (Wildman–Crippen MR) is 184 cm³/mol. The van der Waals surface area contributed by atoms with E-state index >= 15 is 0 Å². The van der Waals surface area contributed by atoms with E-state index in [0.29, 0.717) is 31.0 Å². The monoisotopic (exact) mass is 642 g/mol. The summed E-state index contributed by atoms with van der Waals surface area (Å²) in [5, 5.41) is 14.8. The van der Waals surface area contributed by atoms with Gasteiger partial charge >= 0.3 is 5.97 Å². The van der Waals surface area contributed by atoms with Gasteiger partial charge in [0.2, 0.25) is 0 Å². The van der Waals surface area contributed by atoms with Crippen LogP contribution >= 0.6 is 0 Å². The number of nitrogens with zero attached hydrogens (tertiary/aromatic N) is 3. The van der Waals surface area contributed by atoms with Crippen molar-refractivity contribution in [1.82, 2.24) is 15.2 Å². The molecule has 2 aromatic carbocycles. The quantitative estimate of drug-likeness (QED) is 0.308. The van der Waals surface area contributed by atoms with Crippen LogP contribution in [0.5, 0.6) is 11.5 Å². The number of aliphatic carboxylic acids is 1. The molecule has 0 radical (unpaired) electrons. The number of carboxylic acids is 1. The standard InChI is InChI=1S/C38H50N4O5/c1-37(2,3)25-17-19-27(46-9)24(21-25)22-40-31-30(38(4,5)6)33(36(44)45)42(32(31)26-14-12-20-39-34(26)41(7)8)35(43)29-18-16-23-13-10-11-15-28(23)47-29/h10-15,17,19-21,29-33,40H,16,18,22H2,1-9H3,(H,44,45)/t29-,30-,31-,32-,33-/m0/s1. The summed E-state index contributed by atoms with van der Waals surface area (Å²) in [5.74, 6) is 0.283. The molecule has 1 saturated heterocycles. The summed E-state index contributed by atoms with van der Waals surface area (Å²) in [4.78, 5) is 36.4. The van der Waals surface area contributed by atoms with Crippen LogP contribution in [0.2, 0.25) is 0 Å². The van der Waals surface area contributed by atoms with Crippen molar-refractivity contribution >= 4 is 17.7 Å². The van der Waals surface area contributed by atoms with Gasteiger partial charge in [-0.1, -0.05) is 77.9 Å². The van der Waals surface area contributed by atoms with Gasteiger partial charge in [-0.15, -0.1) is 0 Å². The first kappa shape index (κ1) is 34.2. The van der Waals surface area contributed by atoms with Crippen molar-refractivity contribution in [3.63, 3.8) is 0 Å². The van der Waals surface area contributed by atoms with Crippen molar-refractivity contribution in [2.45, 2.75) is 90.6 Å². The van der Waals surface area contributed by atoms with E-state index in [1.807, 2.05) is 61.5 Å². The summed E-state index contributed by atoms with van der Waals surface area (Å²) in [6.45, 7) is 13.1. The van der Waals surface area contributed by atoms with Crippen LogP contribution in [0.1, 0.15) is 76.3 Å². The highest BCUT2D eigenvalue weighted by molar-refractivity contribution is 5.89. The number of benzene rings is 2. The average Bonchev–Trinajstić information content (AvgIpc) is 3.38. The molecule has 2 aliphatic heterocycles. The lowest BCUT2D eigenvalue weighted by atomic mass is 9.72. The zero-order valence-electron chi connectivity index (χ0n) is 29.2. The maximum absolute atomic E-state index is 14.8. The fourth-order valence-corrected chi connectivity index (χ4v) is 7.34. The van der Waals surface area contributed by atoms with Crippen molar-refractivity contribution in [3.8, 4) is 11.5 Å². The van der Waals surface area contributed by atoms with Gasteiger partial charge in [-0.25, -0.2) is 9.78 Å². The smallest absolute Gasteiger partial charge is 0.326 e. The highest BCUT2D eigenvalue weighted by Crippen LogP contribution is 2.50. The number of pyridine rings is 1. The third kappa shape index (κ3) is 6.82. The Morgan fingerprint density at radius 3 is 2.43 bits per heavy atom. The van der Waals surface area contributed by atoms with Gasteiger partial charge in [0.1, 0.15) is 23.4 Å². The van der Waals surface area contributed by atoms with Crippen LogP contribution in [-0.2, 0) is 28.0 Å². The van der Waals surface area contributed by atoms with Crippen molar-refractivity contribution < 1.29 is 24.2 Å². The Morgan fingerprint density at radius 1 is 1.06 bits per heavy atom. The molecule has 9 nitrogen and oxygen atoms in total. The number of hydrogen-bond donors (Lipinski definition) is 2. The number of methoxy groups -OCH3 is 1. The zero-order valence-corrected chi connectivity index (χ0v) is 29.2. The summed E-state index contributed by atoms with van der Waals surface area (Å²) in [7, 11) is 5.48. The maximum Gasteiger partial charge on any atom is 0.326 e. The molecular weight excluding hydrogens is 592 g/mol. The third-order valence-corrected chi connectivity index (χ3v) is 9.60. The molecule has 5 rings (SSSR count). The highest BCUT2D eigenvalue weighted by atomic mass is 16.5. The van der Waals surface area contributed by atoms with Gasteiger partial charge < -0.3 is 29.7 Å². The summed E-state index contributed by atoms with van der Waals surface area (Å²) in [6.07, 6.45) is 2.06. The molecule has 3 heterocycles. The largest absolute Gasteiger partial charge is 0.496 e. The minimum Gasteiger partial charge on any atom is -0.496 e. The first-order valence-corrected chi connectivity index (χ1v) is 16.5. The first-order valence-electron chi connectivity index (χ1n) is 16.5. The lowest BCUT2D eigenvalue weighted by molar-refractivity contribution is -0.155. The normalized spacial score (nSPS) is 22.7. The number of amides is 1. The molecule has 9 heteroatoms. The first-order chi connectivity index (χ1) is 22.1. The molecule has 2 aliphatic rings. The Labute approximate surface area is 279 Å². The van der Waals surface area contributed by atoms with Gasteiger partial charge in [0.05, 0.1) is 13.2 Å². The number of aromatic nitrogens is 1. The van der Waals surface area contributed by atoms with Gasteiger partial charge in [-0.3, -0.25) is 4.79 Å². The van der Waals surface area contributed by atoms with Crippen LogP contribution in [0.25, 0.3) is 0 Å². The van der Waals surface area contributed by atoms with Gasteiger partial charge in [0.15, 0.2) is 6.10 Å². The van der Waals surface area contributed by atoms with Crippen molar-refractivity contribution in [2.75, 3.05) is 26.1 Å². The van der Waals surface area contributed by atoms with Crippen molar-refractivity contribution in [3.05, 3.63) is 83.0 Å². The summed E-state index contributed by atoms with van der Waals surface area (Å²) >= 11 is 0. The summed E-state index contributed by atoms with van der Waals surface area (Å²) < 4.78 is 12.1. The van der Waals surface area contributed by atoms with E-state index in [1.54, 1.807) is 18.2 Å². The maximum atomic E-state index is 14.8. The Balaban J connectivity index is 1.65. The Bertz CT molecular complexity index is 1610. The predicted octanol–water partition coefficient (Wildman–Crippen LogP) is 6.00. The second kappa shape index (κ2) is 13.2. The van der Waals surface area contributed by atoms with Crippen LogP contribution in [0.15, 0.2) is 60.8 Å². The molecule has 5 atom stereocenters. The molecular formula is C38H50N4O5. The molecule has 1 aromatic heterocycles. The molecule has 0 saturated carbocycles. The SMILES string of the molecule is COc1ccc(C(C)(C)C)cc1CN[C@H]1[C@H](C(C)(C)C)[C@@H](C(=O)O)N(C(=O)[C@@H]2CCc3ccccc3O2)[C@H]1c1cccnc1N(C)C. The Kier molecular flexibility index (Phi) is 9.60. The number of anilines is 1. The molecule has 252 valence electrons. The lowest BCUT2D eigenvalue weighted by Crippen LogP contribution is -2.51. The van der Waals surface area contributed by atoms with Gasteiger partial charge in [-0.2, -0.15) is 0 Å². The number of para-hydroxylation sites is 1. The Morgan fingerprint density at radius 2 is 1.79 bits per heavy atom. The van der Waals surface area contributed by atoms with Crippen LogP contribution in [0.4, 0.5) is 5.82 Å². The number of fused-ring (bicyclic) bond motifs is 1. The van der Waals surface area contributed by atoms with E-state index in [2.05, 4.69) is 59.0 Å². The lowest BCUT2D eigenvalue weighted by Gasteiger charge is -2.36. The van der Waals surface area contributed by atoms with E-state index < -0.39 is 41.5 Å². The number of carbonyl (C=O) groups is 2. The number of ether oxygens (including phenoxy) is 2. The number of carboxylic acid groups (broad SMARTS) is 1. The molecule has 0 spiro atoms. The van der Waals surface area contributed by atoms with Gasteiger partial charge in [-0.05, 0) is 53.0 Å². The van der Waals surface area contributed by atoms with Crippen molar-refractivity contribution in [1.29, 1.82) is 0 Å². The number of hydrogen-bond acceptors (Lipinski definition) is 7. The fraction of sp³-hybridized carbons (Fsp3) is 0.500.